The van der Waals surface area contributed by atoms with Crippen LogP contribution in [0, 0.1) is 5.92 Å². The predicted octanol–water partition coefficient (Wildman–Crippen LogP) is 2.20. The Morgan fingerprint density at radius 2 is 1.88 bits per heavy atom. The minimum absolute atomic E-state index is 0.0278. The summed E-state index contributed by atoms with van der Waals surface area (Å²) in [5.41, 5.74) is 7.12. The second kappa shape index (κ2) is 17.2. The number of likely N-dealkylation sites (N-methyl/N-ethyl adjacent to an activating group) is 1. The van der Waals surface area contributed by atoms with E-state index in [1.165, 1.54) is 7.11 Å². The van der Waals surface area contributed by atoms with Crippen LogP contribution in [0.15, 0.2) is 30.3 Å². The molecule has 0 aliphatic rings. The average Bonchev–Trinajstić information content (AvgIpc) is 2.87. The van der Waals surface area contributed by atoms with Gasteiger partial charge in [-0.3, -0.25) is 4.79 Å². The highest BCUT2D eigenvalue weighted by molar-refractivity contribution is 7.98. The molecule has 0 aromatic heterocycles. The maximum Gasteiger partial charge on any atom is 0.328 e. The number of methoxy groups -OCH3 is 1. The Bertz CT molecular complexity index is 711. The molecule has 1 rings (SSSR count). The summed E-state index contributed by atoms with van der Waals surface area (Å²) in [6.45, 7) is 5.63. The Balaban J connectivity index is 3.06. The summed E-state index contributed by atoms with van der Waals surface area (Å²) in [5.74, 6) is 1.27. The SMILES string of the molecule is CC[C@H](C)[C@@H](CN[C@@H](Cc1ccccc1)C(=O)N(C)[C@@H](CCSC)C(=O)OC)NC[C@@H](N)CS. The highest BCUT2D eigenvalue weighted by atomic mass is 32.2. The minimum Gasteiger partial charge on any atom is -0.467 e. The molecule has 0 saturated heterocycles. The van der Waals surface area contributed by atoms with Crippen molar-refractivity contribution in [2.45, 2.75) is 57.3 Å². The second-order valence-corrected chi connectivity index (χ2v) is 10.1. The van der Waals surface area contributed by atoms with Crippen molar-refractivity contribution in [3.05, 3.63) is 35.9 Å². The van der Waals surface area contributed by atoms with Crippen LogP contribution in [0.5, 0.6) is 0 Å². The Labute approximate surface area is 215 Å². The molecular weight excluding hydrogens is 468 g/mol. The quantitative estimate of drug-likeness (QED) is 0.188. The zero-order chi connectivity index (χ0) is 25.5. The van der Waals surface area contributed by atoms with E-state index in [-0.39, 0.29) is 24.0 Å². The number of nitrogens with one attached hydrogen (secondary N) is 2. The first-order valence-electron chi connectivity index (χ1n) is 12.0. The van der Waals surface area contributed by atoms with Gasteiger partial charge in [-0.25, -0.2) is 4.79 Å². The van der Waals surface area contributed by atoms with Crippen molar-refractivity contribution in [2.75, 3.05) is 45.0 Å². The second-order valence-electron chi connectivity index (χ2n) is 8.76. The summed E-state index contributed by atoms with van der Waals surface area (Å²) in [6.07, 6.45) is 4.07. The topological polar surface area (TPSA) is 96.7 Å². The number of nitrogens with zero attached hydrogens (tertiary/aromatic N) is 1. The van der Waals surface area contributed by atoms with E-state index in [1.54, 1.807) is 23.7 Å². The van der Waals surface area contributed by atoms with E-state index in [1.807, 2.05) is 36.6 Å². The van der Waals surface area contributed by atoms with Crippen molar-refractivity contribution in [3.63, 3.8) is 0 Å². The molecule has 34 heavy (non-hydrogen) atoms. The van der Waals surface area contributed by atoms with Gasteiger partial charge < -0.3 is 26.0 Å². The Morgan fingerprint density at radius 1 is 1.21 bits per heavy atom. The molecule has 5 atom stereocenters. The number of carbonyl (C=O) groups is 2. The summed E-state index contributed by atoms with van der Waals surface area (Å²) < 4.78 is 5.00. The van der Waals surface area contributed by atoms with E-state index in [0.29, 0.717) is 37.6 Å². The first-order valence-corrected chi connectivity index (χ1v) is 14.0. The molecule has 1 amide bonds. The Hall–Kier alpha value is -1.26. The van der Waals surface area contributed by atoms with Crippen LogP contribution in [0.4, 0.5) is 0 Å². The molecule has 0 heterocycles. The lowest BCUT2D eigenvalue weighted by Gasteiger charge is -2.32. The third kappa shape index (κ3) is 10.6. The molecule has 1 aromatic rings. The third-order valence-electron chi connectivity index (χ3n) is 6.26. The molecule has 0 spiro atoms. The number of benzene rings is 1. The number of thioether (sulfide) groups is 1. The number of nitrogens with two attached hydrogens (primary N) is 1. The molecule has 9 heteroatoms. The monoisotopic (exact) mass is 512 g/mol. The summed E-state index contributed by atoms with van der Waals surface area (Å²) >= 11 is 5.92. The number of amides is 1. The van der Waals surface area contributed by atoms with Gasteiger partial charge in [0.05, 0.1) is 13.2 Å². The molecule has 0 aliphatic heterocycles. The highest BCUT2D eigenvalue weighted by Crippen LogP contribution is 2.14. The molecule has 0 unspecified atom stereocenters. The van der Waals surface area contributed by atoms with Crippen molar-refractivity contribution in [1.29, 1.82) is 0 Å². The van der Waals surface area contributed by atoms with Gasteiger partial charge in [-0.1, -0.05) is 50.6 Å². The molecule has 0 radical (unpaired) electrons. The van der Waals surface area contributed by atoms with Crippen LogP contribution in [-0.2, 0) is 20.7 Å². The molecule has 4 N–H and O–H groups in total. The van der Waals surface area contributed by atoms with Crippen LogP contribution in [-0.4, -0.2) is 86.0 Å². The maximum atomic E-state index is 13.6. The van der Waals surface area contributed by atoms with Crippen LogP contribution in [0.25, 0.3) is 0 Å². The fourth-order valence-electron chi connectivity index (χ4n) is 3.73. The van der Waals surface area contributed by atoms with E-state index >= 15 is 0 Å². The largest absolute Gasteiger partial charge is 0.467 e. The van der Waals surface area contributed by atoms with Crippen molar-refractivity contribution in [2.24, 2.45) is 11.7 Å². The van der Waals surface area contributed by atoms with Gasteiger partial charge in [0.25, 0.3) is 0 Å². The molecule has 194 valence electrons. The average molecular weight is 513 g/mol. The third-order valence-corrected chi connectivity index (χ3v) is 7.37. The standard InChI is InChI=1S/C25H44N4O3S2/c1-6-18(2)22(27-15-20(26)17-33)16-28-21(14-19-10-8-7-9-11-19)24(30)29(3)23(12-13-34-5)25(31)32-4/h7-11,18,20-23,27-28,33H,6,12-17,26H2,1-5H3/t18-,20+,21-,22+,23-/m0/s1. The van der Waals surface area contributed by atoms with E-state index < -0.39 is 12.1 Å². The molecule has 0 fully saturated rings. The number of hydrogen-bond donors (Lipinski definition) is 4. The summed E-state index contributed by atoms with van der Waals surface area (Å²) in [4.78, 5) is 27.6. The fraction of sp³-hybridized carbons (Fsp3) is 0.680. The fourth-order valence-corrected chi connectivity index (χ4v) is 4.31. The summed E-state index contributed by atoms with van der Waals surface area (Å²) in [5, 5.41) is 7.05. The smallest absolute Gasteiger partial charge is 0.328 e. The molecule has 7 nitrogen and oxygen atoms in total. The van der Waals surface area contributed by atoms with E-state index in [4.69, 9.17) is 10.5 Å². The van der Waals surface area contributed by atoms with Crippen LogP contribution >= 0.6 is 24.4 Å². The van der Waals surface area contributed by atoms with E-state index in [0.717, 1.165) is 17.7 Å². The van der Waals surface area contributed by atoms with Gasteiger partial charge in [0, 0.05) is 38.0 Å². The Morgan fingerprint density at radius 3 is 2.44 bits per heavy atom. The number of carbonyl (C=O) groups excluding carboxylic acids is 2. The molecular formula is C25H44N4O3S2. The van der Waals surface area contributed by atoms with Gasteiger partial charge in [0.15, 0.2) is 0 Å². The lowest BCUT2D eigenvalue weighted by Crippen LogP contribution is -2.55. The number of ether oxygens (including phenoxy) is 1. The molecule has 0 bridgehead atoms. The van der Waals surface area contributed by atoms with Gasteiger partial charge in [-0.15, -0.1) is 0 Å². The number of esters is 1. The molecule has 0 saturated carbocycles. The highest BCUT2D eigenvalue weighted by Gasteiger charge is 2.32. The lowest BCUT2D eigenvalue weighted by molar-refractivity contribution is -0.152. The Kier molecular flexibility index (Phi) is 15.6. The van der Waals surface area contributed by atoms with Crippen molar-refractivity contribution >= 4 is 36.3 Å². The number of hydrogen-bond acceptors (Lipinski definition) is 8. The minimum atomic E-state index is -0.609. The van der Waals surface area contributed by atoms with Gasteiger partial charge in [-0.2, -0.15) is 24.4 Å². The maximum absolute atomic E-state index is 13.6. The van der Waals surface area contributed by atoms with Gasteiger partial charge in [0.1, 0.15) is 6.04 Å². The van der Waals surface area contributed by atoms with Crippen molar-refractivity contribution in [3.8, 4) is 0 Å². The lowest BCUT2D eigenvalue weighted by atomic mass is 9.97. The van der Waals surface area contributed by atoms with E-state index in [9.17, 15) is 9.59 Å². The van der Waals surface area contributed by atoms with Gasteiger partial charge in [-0.05, 0) is 36.3 Å². The van der Waals surface area contributed by atoms with Gasteiger partial charge in [0.2, 0.25) is 5.91 Å². The molecule has 1 aromatic carbocycles. The van der Waals surface area contributed by atoms with Crippen molar-refractivity contribution < 1.29 is 14.3 Å². The zero-order valence-corrected chi connectivity index (χ0v) is 23.0. The predicted molar refractivity (Wildman–Crippen MR) is 147 cm³/mol. The summed E-state index contributed by atoms with van der Waals surface area (Å²) in [7, 11) is 3.06. The molecule has 0 aliphatic carbocycles. The van der Waals surface area contributed by atoms with Crippen LogP contribution in [0.2, 0.25) is 0 Å². The van der Waals surface area contributed by atoms with E-state index in [2.05, 4.69) is 37.1 Å². The van der Waals surface area contributed by atoms with Crippen LogP contribution in [0.1, 0.15) is 32.3 Å². The number of thiol groups is 1. The van der Waals surface area contributed by atoms with Crippen molar-refractivity contribution in [1.82, 2.24) is 15.5 Å². The van der Waals surface area contributed by atoms with Crippen LogP contribution < -0.4 is 16.4 Å². The normalized spacial score (nSPS) is 15.7. The van der Waals surface area contributed by atoms with Gasteiger partial charge >= 0.3 is 5.97 Å². The first-order chi connectivity index (χ1) is 16.3. The van der Waals surface area contributed by atoms with Crippen LogP contribution in [0.3, 0.4) is 0 Å². The summed E-state index contributed by atoms with van der Waals surface area (Å²) in [6, 6.07) is 8.98. The first kappa shape index (κ1) is 30.8. The number of rotatable bonds is 17. The zero-order valence-electron chi connectivity index (χ0n) is 21.3.